The average molecular weight is 220 g/mol. The Morgan fingerprint density at radius 1 is 1.19 bits per heavy atom. The maximum atomic E-state index is 9.57. The Hall–Kier alpha value is -1.09. The summed E-state index contributed by atoms with van der Waals surface area (Å²) in [6.45, 7) is 1.17. The average Bonchev–Trinajstić information content (AvgIpc) is 2.39. The second-order valence-electron chi connectivity index (χ2n) is 4.81. The molecule has 16 heavy (non-hydrogen) atoms. The molecule has 1 aliphatic carbocycles. The Bertz CT molecular complexity index is 307. The first-order valence-corrected chi connectivity index (χ1v) is 6.09. The quantitative estimate of drug-likeness (QED) is 0.819. The number of hydrogen-bond acceptors (Lipinski definition) is 3. The molecule has 3 nitrogen and oxygen atoms in total. The summed E-state index contributed by atoms with van der Waals surface area (Å²) < 4.78 is 0. The van der Waals surface area contributed by atoms with E-state index >= 15 is 0 Å². The number of anilines is 1. The molecule has 2 N–H and O–H groups in total. The Labute approximate surface area is 96.9 Å². The summed E-state index contributed by atoms with van der Waals surface area (Å²) in [5, 5.41) is 13.0. The molecular weight excluding hydrogens is 200 g/mol. The summed E-state index contributed by atoms with van der Waals surface area (Å²) in [7, 11) is 0. The van der Waals surface area contributed by atoms with Crippen LogP contribution in [0.5, 0.6) is 0 Å². The van der Waals surface area contributed by atoms with Gasteiger partial charge in [-0.25, -0.2) is 0 Å². The van der Waals surface area contributed by atoms with Gasteiger partial charge in [-0.3, -0.25) is 4.98 Å². The first kappa shape index (κ1) is 11.4. The molecule has 1 saturated carbocycles. The van der Waals surface area contributed by atoms with Crippen molar-refractivity contribution in [3.63, 3.8) is 0 Å². The first-order valence-electron chi connectivity index (χ1n) is 6.09. The van der Waals surface area contributed by atoms with Crippen LogP contribution in [0.4, 0.5) is 5.69 Å². The molecule has 2 rings (SSSR count). The highest BCUT2D eigenvalue weighted by molar-refractivity contribution is 5.40. The number of nitrogens with one attached hydrogen (secondary N) is 1. The zero-order valence-electron chi connectivity index (χ0n) is 9.65. The van der Waals surface area contributed by atoms with Crippen molar-refractivity contribution in [2.45, 2.75) is 32.1 Å². The molecule has 0 atom stereocenters. The normalized spacial score (nSPS) is 19.3. The summed E-state index contributed by atoms with van der Waals surface area (Å²) in [6, 6.07) is 3.93. The number of rotatable bonds is 4. The van der Waals surface area contributed by atoms with Crippen LogP contribution >= 0.6 is 0 Å². The standard InChI is InChI=1S/C13H20N2O/c16-11-13(6-2-1-3-7-13)10-15-12-4-8-14-9-5-12/h4-5,8-9,16H,1-3,6-7,10-11H2,(H,14,15). The van der Waals surface area contributed by atoms with Crippen molar-refractivity contribution in [3.05, 3.63) is 24.5 Å². The predicted molar refractivity (Wildman–Crippen MR) is 65.3 cm³/mol. The fraction of sp³-hybridized carbons (Fsp3) is 0.615. The van der Waals surface area contributed by atoms with E-state index in [0.717, 1.165) is 25.1 Å². The molecule has 3 heteroatoms. The van der Waals surface area contributed by atoms with E-state index in [2.05, 4.69) is 10.3 Å². The molecule has 0 amide bonds. The van der Waals surface area contributed by atoms with Gasteiger partial charge in [0, 0.05) is 30.0 Å². The van der Waals surface area contributed by atoms with Crippen molar-refractivity contribution >= 4 is 5.69 Å². The first-order chi connectivity index (χ1) is 7.85. The number of hydrogen-bond donors (Lipinski definition) is 2. The number of nitrogens with zero attached hydrogens (tertiary/aromatic N) is 1. The van der Waals surface area contributed by atoms with Gasteiger partial charge >= 0.3 is 0 Å². The topological polar surface area (TPSA) is 45.1 Å². The Morgan fingerprint density at radius 3 is 2.50 bits per heavy atom. The largest absolute Gasteiger partial charge is 0.396 e. The van der Waals surface area contributed by atoms with E-state index < -0.39 is 0 Å². The van der Waals surface area contributed by atoms with E-state index in [1.807, 2.05) is 12.1 Å². The molecule has 0 spiro atoms. The zero-order valence-corrected chi connectivity index (χ0v) is 9.65. The second-order valence-corrected chi connectivity index (χ2v) is 4.81. The molecule has 0 unspecified atom stereocenters. The van der Waals surface area contributed by atoms with Crippen LogP contribution in [-0.4, -0.2) is 23.2 Å². The van der Waals surface area contributed by atoms with Crippen LogP contribution in [-0.2, 0) is 0 Å². The number of aromatic nitrogens is 1. The Morgan fingerprint density at radius 2 is 1.88 bits per heavy atom. The Kier molecular flexibility index (Phi) is 3.78. The molecule has 1 aliphatic rings. The smallest absolute Gasteiger partial charge is 0.0504 e. The van der Waals surface area contributed by atoms with Crippen LogP contribution < -0.4 is 5.32 Å². The third-order valence-corrected chi connectivity index (χ3v) is 3.60. The van der Waals surface area contributed by atoms with Gasteiger partial charge in [0.15, 0.2) is 0 Å². The summed E-state index contributed by atoms with van der Waals surface area (Å²) >= 11 is 0. The summed E-state index contributed by atoms with van der Waals surface area (Å²) in [5.74, 6) is 0. The van der Waals surface area contributed by atoms with Gasteiger partial charge in [-0.15, -0.1) is 0 Å². The van der Waals surface area contributed by atoms with E-state index in [9.17, 15) is 5.11 Å². The van der Waals surface area contributed by atoms with Gasteiger partial charge in [-0.2, -0.15) is 0 Å². The van der Waals surface area contributed by atoms with Crippen molar-refractivity contribution in [2.75, 3.05) is 18.5 Å². The fourth-order valence-corrected chi connectivity index (χ4v) is 2.45. The SMILES string of the molecule is OCC1(CNc2ccncc2)CCCCC1. The lowest BCUT2D eigenvalue weighted by Gasteiger charge is -2.36. The van der Waals surface area contributed by atoms with Crippen LogP contribution in [0.25, 0.3) is 0 Å². The van der Waals surface area contributed by atoms with Crippen LogP contribution in [0.1, 0.15) is 32.1 Å². The van der Waals surface area contributed by atoms with E-state index in [1.165, 1.54) is 19.3 Å². The van der Waals surface area contributed by atoms with Crippen molar-refractivity contribution in [2.24, 2.45) is 5.41 Å². The molecule has 1 fully saturated rings. The van der Waals surface area contributed by atoms with Crippen LogP contribution in [0.3, 0.4) is 0 Å². The lowest BCUT2D eigenvalue weighted by molar-refractivity contribution is 0.0944. The Balaban J connectivity index is 1.92. The molecule has 88 valence electrons. The summed E-state index contributed by atoms with van der Waals surface area (Å²) in [5.41, 5.74) is 1.19. The molecule has 1 aromatic heterocycles. The van der Waals surface area contributed by atoms with Crippen LogP contribution in [0, 0.1) is 5.41 Å². The van der Waals surface area contributed by atoms with E-state index in [0.29, 0.717) is 6.61 Å². The minimum atomic E-state index is 0.0987. The molecule has 1 heterocycles. The molecular formula is C13H20N2O. The van der Waals surface area contributed by atoms with Crippen molar-refractivity contribution in [1.82, 2.24) is 4.98 Å². The van der Waals surface area contributed by atoms with Crippen LogP contribution in [0.15, 0.2) is 24.5 Å². The van der Waals surface area contributed by atoms with Crippen molar-refractivity contribution < 1.29 is 5.11 Å². The highest BCUT2D eigenvalue weighted by Crippen LogP contribution is 2.35. The number of aliphatic hydroxyl groups excluding tert-OH is 1. The minimum Gasteiger partial charge on any atom is -0.396 e. The summed E-state index contributed by atoms with van der Waals surface area (Å²) in [4.78, 5) is 3.99. The highest BCUT2D eigenvalue weighted by Gasteiger charge is 2.30. The minimum absolute atomic E-state index is 0.0987. The van der Waals surface area contributed by atoms with E-state index in [-0.39, 0.29) is 5.41 Å². The predicted octanol–water partition coefficient (Wildman–Crippen LogP) is 2.44. The molecule has 0 bridgehead atoms. The molecule has 0 aliphatic heterocycles. The second kappa shape index (κ2) is 5.30. The molecule has 0 saturated heterocycles. The van der Waals surface area contributed by atoms with Gasteiger partial charge in [0.2, 0.25) is 0 Å². The number of pyridine rings is 1. The monoisotopic (exact) mass is 220 g/mol. The summed E-state index contributed by atoms with van der Waals surface area (Å²) in [6.07, 6.45) is 9.67. The van der Waals surface area contributed by atoms with E-state index in [1.54, 1.807) is 12.4 Å². The lowest BCUT2D eigenvalue weighted by Crippen LogP contribution is -2.35. The van der Waals surface area contributed by atoms with Gasteiger partial charge in [0.25, 0.3) is 0 Å². The van der Waals surface area contributed by atoms with Gasteiger partial charge in [0.05, 0.1) is 6.61 Å². The maximum absolute atomic E-state index is 9.57. The van der Waals surface area contributed by atoms with E-state index in [4.69, 9.17) is 0 Å². The third-order valence-electron chi connectivity index (χ3n) is 3.60. The number of aliphatic hydroxyl groups is 1. The lowest BCUT2D eigenvalue weighted by atomic mass is 9.74. The van der Waals surface area contributed by atoms with Crippen LogP contribution in [0.2, 0.25) is 0 Å². The molecule has 0 aromatic carbocycles. The third kappa shape index (κ3) is 2.73. The molecule has 1 aromatic rings. The fourth-order valence-electron chi connectivity index (χ4n) is 2.45. The van der Waals surface area contributed by atoms with Crippen molar-refractivity contribution in [3.8, 4) is 0 Å². The zero-order chi connectivity index (χ0) is 11.3. The maximum Gasteiger partial charge on any atom is 0.0504 e. The highest BCUT2D eigenvalue weighted by atomic mass is 16.3. The van der Waals surface area contributed by atoms with Gasteiger partial charge < -0.3 is 10.4 Å². The van der Waals surface area contributed by atoms with Gasteiger partial charge in [-0.05, 0) is 25.0 Å². The van der Waals surface area contributed by atoms with Gasteiger partial charge in [0.1, 0.15) is 0 Å². The van der Waals surface area contributed by atoms with Gasteiger partial charge in [-0.1, -0.05) is 19.3 Å². The molecule has 0 radical (unpaired) electrons. The van der Waals surface area contributed by atoms with Crippen molar-refractivity contribution in [1.29, 1.82) is 0 Å².